The van der Waals surface area contributed by atoms with Crippen molar-refractivity contribution in [2.24, 2.45) is 0 Å². The zero-order valence-corrected chi connectivity index (χ0v) is 34.2. The highest BCUT2D eigenvalue weighted by Crippen LogP contribution is 2.48. The van der Waals surface area contributed by atoms with E-state index in [1.54, 1.807) is 0 Å². The molecule has 1 aromatic heterocycles. The highest BCUT2D eigenvalue weighted by Gasteiger charge is 2.22. The first-order valence-corrected chi connectivity index (χ1v) is 21.6. The van der Waals surface area contributed by atoms with Crippen LogP contribution in [-0.2, 0) is 0 Å². The van der Waals surface area contributed by atoms with E-state index >= 15 is 0 Å². The number of para-hydroxylation sites is 1. The zero-order chi connectivity index (χ0) is 41.6. The van der Waals surface area contributed by atoms with Gasteiger partial charge in [-0.3, -0.25) is 0 Å². The van der Waals surface area contributed by atoms with Crippen LogP contribution in [0.3, 0.4) is 0 Å². The Kier molecular flexibility index (Phi) is 7.70. The molecule has 0 saturated carbocycles. The molecule has 0 fully saturated rings. The second-order valence-electron chi connectivity index (χ2n) is 16.6. The molecule has 0 spiro atoms. The Bertz CT molecular complexity index is 4020. The molecule has 2 heteroatoms. The summed E-state index contributed by atoms with van der Waals surface area (Å²) in [5.74, 6) is 0. The Labute approximate surface area is 364 Å². The molecule has 13 rings (SSSR count). The summed E-state index contributed by atoms with van der Waals surface area (Å²) in [6.07, 6.45) is 0. The highest BCUT2D eigenvalue weighted by molar-refractivity contribution is 6.28. The summed E-state index contributed by atoms with van der Waals surface area (Å²) in [7, 11) is 0. The van der Waals surface area contributed by atoms with Gasteiger partial charge in [-0.25, -0.2) is 0 Å². The summed E-state index contributed by atoms with van der Waals surface area (Å²) in [6, 6.07) is 82.0. The lowest BCUT2D eigenvalue weighted by Gasteiger charge is -2.20. The van der Waals surface area contributed by atoms with Gasteiger partial charge < -0.3 is 4.57 Å². The number of hydrogen-bond acceptors (Lipinski definition) is 1. The van der Waals surface area contributed by atoms with Gasteiger partial charge in [0.05, 0.1) is 22.7 Å². The maximum Gasteiger partial charge on any atom is 0.0998 e. The number of hydrogen-bond donors (Lipinski definition) is 0. The van der Waals surface area contributed by atoms with Gasteiger partial charge in [0, 0.05) is 21.8 Å². The monoisotopic (exact) mass is 796 g/mol. The highest BCUT2D eigenvalue weighted by atomic mass is 15.0. The molecule has 0 radical (unpaired) electrons. The third-order valence-corrected chi connectivity index (χ3v) is 13.4. The minimum Gasteiger partial charge on any atom is -0.309 e. The molecule has 0 atom stereocenters. The standard InChI is InChI=1S/C61H36N2/c62-37-43-28-33-56-60-48(43)30-31-53-47(32-34-57(61(53)60)63(56)44-19-2-1-3-20-44)42-18-10-17-40(35-42)41-27-29-54-55(36-41)59(50-26-12-16-39-14-5-7-22-46(39)50)52-24-9-8-23-51(52)58(54)49-25-11-15-38-13-4-6-21-45(38)49/h1-36H. The van der Waals surface area contributed by atoms with Crippen LogP contribution in [0, 0.1) is 11.3 Å². The molecule has 0 aliphatic rings. The van der Waals surface area contributed by atoms with Crippen molar-refractivity contribution in [3.63, 3.8) is 0 Å². The van der Waals surface area contributed by atoms with E-state index in [9.17, 15) is 5.26 Å². The molecule has 290 valence electrons. The first-order valence-electron chi connectivity index (χ1n) is 21.6. The minimum atomic E-state index is 0.694. The molecular weight excluding hydrogens is 761 g/mol. The number of nitrogens with zero attached hydrogens (tertiary/aromatic N) is 2. The summed E-state index contributed by atoms with van der Waals surface area (Å²) in [5, 5.41) is 24.5. The summed E-state index contributed by atoms with van der Waals surface area (Å²) in [5.41, 5.74) is 13.7. The minimum absolute atomic E-state index is 0.694. The topological polar surface area (TPSA) is 28.7 Å². The SMILES string of the molecule is N#Cc1ccc2c3c1ccc1c(-c4cccc(-c5ccc6c(-c7cccc8ccccc78)c7ccccc7c(-c7cccc8ccccc78)c6c5)c4)ccc(c13)n2-c1ccccc1. The average molecular weight is 797 g/mol. The van der Waals surface area contributed by atoms with E-state index in [1.807, 2.05) is 6.07 Å². The number of aromatic nitrogens is 1. The van der Waals surface area contributed by atoms with E-state index in [0.717, 1.165) is 44.2 Å². The summed E-state index contributed by atoms with van der Waals surface area (Å²) < 4.78 is 2.34. The van der Waals surface area contributed by atoms with E-state index in [-0.39, 0.29) is 0 Å². The van der Waals surface area contributed by atoms with Crippen LogP contribution in [0.15, 0.2) is 218 Å². The van der Waals surface area contributed by atoms with Crippen molar-refractivity contribution in [1.29, 1.82) is 5.26 Å². The van der Waals surface area contributed by atoms with Crippen LogP contribution < -0.4 is 0 Å². The normalized spacial score (nSPS) is 11.8. The maximum absolute atomic E-state index is 10.2. The number of benzene rings is 12. The number of nitriles is 1. The number of fused-ring (bicyclic) bond motifs is 4. The van der Waals surface area contributed by atoms with Gasteiger partial charge >= 0.3 is 0 Å². The Morgan fingerprint density at radius 2 is 0.825 bits per heavy atom. The van der Waals surface area contributed by atoms with Gasteiger partial charge in [0.25, 0.3) is 0 Å². The van der Waals surface area contributed by atoms with Gasteiger partial charge in [0.15, 0.2) is 0 Å². The molecule has 0 amide bonds. The van der Waals surface area contributed by atoms with Crippen molar-refractivity contribution in [3.8, 4) is 56.3 Å². The molecule has 2 nitrogen and oxygen atoms in total. The quantitative estimate of drug-likeness (QED) is 0.126. The van der Waals surface area contributed by atoms with Crippen molar-refractivity contribution < 1.29 is 0 Å². The third kappa shape index (κ3) is 5.24. The summed E-state index contributed by atoms with van der Waals surface area (Å²) >= 11 is 0. The summed E-state index contributed by atoms with van der Waals surface area (Å²) in [6.45, 7) is 0. The first-order chi connectivity index (χ1) is 31.2. The van der Waals surface area contributed by atoms with E-state index < -0.39 is 0 Å². The van der Waals surface area contributed by atoms with Crippen molar-refractivity contribution in [2.75, 3.05) is 0 Å². The first kappa shape index (κ1) is 35.3. The van der Waals surface area contributed by atoms with E-state index in [4.69, 9.17) is 0 Å². The van der Waals surface area contributed by atoms with Gasteiger partial charge in [0.2, 0.25) is 0 Å². The van der Waals surface area contributed by atoms with Crippen molar-refractivity contribution in [3.05, 3.63) is 224 Å². The Hall–Kier alpha value is -8.51. The maximum atomic E-state index is 10.2. The fraction of sp³-hybridized carbons (Fsp3) is 0. The fourth-order valence-corrected chi connectivity index (χ4v) is 10.7. The van der Waals surface area contributed by atoms with Crippen LogP contribution in [0.25, 0.3) is 126 Å². The largest absolute Gasteiger partial charge is 0.309 e. The molecule has 0 N–H and O–H groups in total. The van der Waals surface area contributed by atoms with Crippen LogP contribution in [0.4, 0.5) is 0 Å². The van der Waals surface area contributed by atoms with E-state index in [0.29, 0.717) is 5.56 Å². The lowest BCUT2D eigenvalue weighted by atomic mass is 9.82. The van der Waals surface area contributed by atoms with E-state index in [1.165, 1.54) is 81.7 Å². The van der Waals surface area contributed by atoms with Gasteiger partial charge in [-0.15, -0.1) is 0 Å². The van der Waals surface area contributed by atoms with Gasteiger partial charge in [-0.1, -0.05) is 176 Å². The smallest absolute Gasteiger partial charge is 0.0998 e. The lowest BCUT2D eigenvalue weighted by Crippen LogP contribution is -1.93. The summed E-state index contributed by atoms with van der Waals surface area (Å²) in [4.78, 5) is 0. The number of rotatable bonds is 5. The molecule has 0 aliphatic carbocycles. The lowest BCUT2D eigenvalue weighted by molar-refractivity contribution is 1.18. The second kappa shape index (κ2) is 13.8. The molecule has 13 aromatic rings. The van der Waals surface area contributed by atoms with Gasteiger partial charge in [-0.05, 0) is 135 Å². The molecule has 12 aromatic carbocycles. The van der Waals surface area contributed by atoms with Crippen molar-refractivity contribution in [1.82, 2.24) is 4.57 Å². The van der Waals surface area contributed by atoms with Gasteiger partial charge in [-0.2, -0.15) is 5.26 Å². The van der Waals surface area contributed by atoms with Crippen molar-refractivity contribution in [2.45, 2.75) is 0 Å². The van der Waals surface area contributed by atoms with Crippen LogP contribution in [0.1, 0.15) is 5.56 Å². The Balaban J connectivity index is 1.06. The second-order valence-corrected chi connectivity index (χ2v) is 16.6. The predicted octanol–water partition coefficient (Wildman–Crippen LogP) is 16.5. The predicted molar refractivity (Wildman–Crippen MR) is 266 cm³/mol. The molecule has 0 bridgehead atoms. The third-order valence-electron chi connectivity index (χ3n) is 13.4. The van der Waals surface area contributed by atoms with Crippen molar-refractivity contribution >= 4 is 75.7 Å². The van der Waals surface area contributed by atoms with E-state index in [2.05, 4.69) is 223 Å². The molecule has 0 saturated heterocycles. The van der Waals surface area contributed by atoms with Gasteiger partial charge in [0.1, 0.15) is 0 Å². The van der Waals surface area contributed by atoms with Crippen LogP contribution in [0.2, 0.25) is 0 Å². The molecule has 0 unspecified atom stereocenters. The molecule has 0 aliphatic heterocycles. The fourth-order valence-electron chi connectivity index (χ4n) is 10.7. The zero-order valence-electron chi connectivity index (χ0n) is 34.2. The average Bonchev–Trinajstić information content (AvgIpc) is 3.70. The Morgan fingerprint density at radius 3 is 1.52 bits per heavy atom. The molecule has 63 heavy (non-hydrogen) atoms. The van der Waals surface area contributed by atoms with Crippen LogP contribution >= 0.6 is 0 Å². The molecular formula is C61H36N2. The molecule has 1 heterocycles. The van der Waals surface area contributed by atoms with Crippen LogP contribution in [-0.4, -0.2) is 4.57 Å². The van der Waals surface area contributed by atoms with Crippen LogP contribution in [0.5, 0.6) is 0 Å². The Morgan fingerprint density at radius 1 is 0.317 bits per heavy atom.